The molecule has 2 rings (SSSR count). The van der Waals surface area contributed by atoms with Gasteiger partial charge in [0, 0.05) is 19.5 Å². The Kier molecular flexibility index (Phi) is 4.74. The SMILES string of the molecule is CCCc1nc(NC)cc(Nc2cc(F)ccc2Cl)n1. The molecule has 6 heteroatoms. The summed E-state index contributed by atoms with van der Waals surface area (Å²) in [5.74, 6) is 1.67. The Labute approximate surface area is 122 Å². The highest BCUT2D eigenvalue weighted by Gasteiger charge is 2.07. The molecular weight excluding hydrogens is 279 g/mol. The zero-order chi connectivity index (χ0) is 14.5. The summed E-state index contributed by atoms with van der Waals surface area (Å²) in [5.41, 5.74) is 0.481. The zero-order valence-electron chi connectivity index (χ0n) is 11.4. The van der Waals surface area contributed by atoms with Crippen molar-refractivity contribution in [2.24, 2.45) is 0 Å². The molecule has 0 atom stereocenters. The van der Waals surface area contributed by atoms with Crippen molar-refractivity contribution in [1.82, 2.24) is 9.97 Å². The molecule has 1 aromatic heterocycles. The van der Waals surface area contributed by atoms with E-state index >= 15 is 0 Å². The zero-order valence-corrected chi connectivity index (χ0v) is 12.1. The van der Waals surface area contributed by atoms with E-state index in [0.29, 0.717) is 22.3 Å². The third-order valence-corrected chi connectivity index (χ3v) is 3.02. The van der Waals surface area contributed by atoms with Crippen LogP contribution in [0.5, 0.6) is 0 Å². The van der Waals surface area contributed by atoms with Crippen molar-refractivity contribution < 1.29 is 4.39 Å². The number of aromatic nitrogens is 2. The van der Waals surface area contributed by atoms with E-state index < -0.39 is 0 Å². The first-order valence-corrected chi connectivity index (χ1v) is 6.78. The van der Waals surface area contributed by atoms with Gasteiger partial charge in [-0.15, -0.1) is 0 Å². The summed E-state index contributed by atoms with van der Waals surface area (Å²) in [7, 11) is 1.79. The second-order valence-corrected chi connectivity index (χ2v) is 4.71. The Morgan fingerprint density at radius 1 is 1.20 bits per heavy atom. The van der Waals surface area contributed by atoms with Crippen LogP contribution in [0.2, 0.25) is 5.02 Å². The summed E-state index contributed by atoms with van der Waals surface area (Å²) < 4.78 is 13.3. The Morgan fingerprint density at radius 2 is 1.95 bits per heavy atom. The second kappa shape index (κ2) is 6.52. The fourth-order valence-electron chi connectivity index (χ4n) is 1.76. The highest BCUT2D eigenvalue weighted by Crippen LogP contribution is 2.26. The summed E-state index contributed by atoms with van der Waals surface area (Å²) in [5, 5.41) is 6.44. The molecule has 0 saturated carbocycles. The molecule has 2 aromatic rings. The highest BCUT2D eigenvalue weighted by atomic mass is 35.5. The van der Waals surface area contributed by atoms with E-state index in [1.807, 2.05) is 0 Å². The van der Waals surface area contributed by atoms with Gasteiger partial charge in [-0.25, -0.2) is 14.4 Å². The summed E-state index contributed by atoms with van der Waals surface area (Å²) in [4.78, 5) is 8.75. The maximum absolute atomic E-state index is 13.3. The van der Waals surface area contributed by atoms with E-state index in [4.69, 9.17) is 11.6 Å². The number of halogens is 2. The minimum absolute atomic E-state index is 0.353. The molecule has 1 heterocycles. The maximum Gasteiger partial charge on any atom is 0.136 e. The minimum Gasteiger partial charge on any atom is -0.373 e. The molecule has 4 nitrogen and oxygen atoms in total. The number of benzene rings is 1. The first kappa shape index (κ1) is 14.5. The Morgan fingerprint density at radius 3 is 2.65 bits per heavy atom. The number of anilines is 3. The number of nitrogens with one attached hydrogen (secondary N) is 2. The highest BCUT2D eigenvalue weighted by molar-refractivity contribution is 6.33. The molecule has 0 aliphatic carbocycles. The molecule has 0 fully saturated rings. The lowest BCUT2D eigenvalue weighted by Crippen LogP contribution is -2.04. The molecule has 2 N–H and O–H groups in total. The summed E-state index contributed by atoms with van der Waals surface area (Å²) >= 11 is 6.03. The van der Waals surface area contributed by atoms with Crippen LogP contribution >= 0.6 is 11.6 Å². The van der Waals surface area contributed by atoms with E-state index in [2.05, 4.69) is 27.5 Å². The number of hydrogen-bond donors (Lipinski definition) is 2. The Bertz CT molecular complexity index is 604. The number of hydrogen-bond acceptors (Lipinski definition) is 4. The molecule has 0 bridgehead atoms. The molecule has 1 aromatic carbocycles. The molecule has 0 radical (unpaired) electrons. The molecule has 20 heavy (non-hydrogen) atoms. The largest absolute Gasteiger partial charge is 0.373 e. The van der Waals surface area contributed by atoms with Crippen LogP contribution in [-0.2, 0) is 6.42 Å². The molecule has 0 aliphatic rings. The van der Waals surface area contributed by atoms with Crippen LogP contribution in [0.1, 0.15) is 19.2 Å². The monoisotopic (exact) mass is 294 g/mol. The van der Waals surface area contributed by atoms with E-state index in [0.717, 1.165) is 18.7 Å². The Balaban J connectivity index is 2.32. The molecule has 0 unspecified atom stereocenters. The topological polar surface area (TPSA) is 49.8 Å². The van der Waals surface area contributed by atoms with Gasteiger partial charge in [-0.1, -0.05) is 18.5 Å². The predicted octanol–water partition coefficient (Wildman–Crippen LogP) is 4.01. The van der Waals surface area contributed by atoms with Crippen LogP contribution in [0, 0.1) is 5.82 Å². The van der Waals surface area contributed by atoms with Gasteiger partial charge in [-0.2, -0.15) is 0 Å². The van der Waals surface area contributed by atoms with Crippen molar-refractivity contribution in [2.45, 2.75) is 19.8 Å². The van der Waals surface area contributed by atoms with Crippen molar-refractivity contribution in [1.29, 1.82) is 0 Å². The summed E-state index contributed by atoms with van der Waals surface area (Å²) in [6.07, 6.45) is 1.73. The fourth-order valence-corrected chi connectivity index (χ4v) is 1.92. The normalized spacial score (nSPS) is 10.4. The van der Waals surface area contributed by atoms with Gasteiger partial charge in [0.1, 0.15) is 23.3 Å². The molecule has 0 spiro atoms. The van der Waals surface area contributed by atoms with Gasteiger partial charge in [0.25, 0.3) is 0 Å². The van der Waals surface area contributed by atoms with Gasteiger partial charge in [-0.05, 0) is 24.6 Å². The minimum atomic E-state index is -0.353. The average Bonchev–Trinajstić information content (AvgIpc) is 2.43. The number of rotatable bonds is 5. The first-order valence-electron chi connectivity index (χ1n) is 6.40. The lowest BCUT2D eigenvalue weighted by Gasteiger charge is -2.10. The van der Waals surface area contributed by atoms with Crippen LogP contribution in [0.15, 0.2) is 24.3 Å². The lowest BCUT2D eigenvalue weighted by atomic mass is 10.3. The van der Waals surface area contributed by atoms with Gasteiger partial charge < -0.3 is 10.6 Å². The van der Waals surface area contributed by atoms with Crippen molar-refractivity contribution in [3.05, 3.63) is 40.9 Å². The van der Waals surface area contributed by atoms with Crippen LogP contribution in [-0.4, -0.2) is 17.0 Å². The van der Waals surface area contributed by atoms with Gasteiger partial charge in [0.15, 0.2) is 0 Å². The smallest absolute Gasteiger partial charge is 0.136 e. The van der Waals surface area contributed by atoms with Crippen LogP contribution in [0.4, 0.5) is 21.7 Å². The van der Waals surface area contributed by atoms with Crippen molar-refractivity contribution >= 4 is 28.9 Å². The summed E-state index contributed by atoms with van der Waals surface area (Å²) in [6, 6.07) is 5.91. The lowest BCUT2D eigenvalue weighted by molar-refractivity contribution is 0.628. The third kappa shape index (κ3) is 3.57. The third-order valence-electron chi connectivity index (χ3n) is 2.69. The second-order valence-electron chi connectivity index (χ2n) is 4.30. The quantitative estimate of drug-likeness (QED) is 0.875. The van der Waals surface area contributed by atoms with E-state index in [1.54, 1.807) is 13.1 Å². The maximum atomic E-state index is 13.3. The van der Waals surface area contributed by atoms with E-state index in [9.17, 15) is 4.39 Å². The average molecular weight is 295 g/mol. The van der Waals surface area contributed by atoms with Crippen molar-refractivity contribution in [3.8, 4) is 0 Å². The fraction of sp³-hybridized carbons (Fsp3) is 0.286. The van der Waals surface area contributed by atoms with E-state index in [-0.39, 0.29) is 5.82 Å². The van der Waals surface area contributed by atoms with Gasteiger partial charge in [0.2, 0.25) is 0 Å². The van der Waals surface area contributed by atoms with Crippen LogP contribution < -0.4 is 10.6 Å². The molecule has 106 valence electrons. The molecule has 0 aliphatic heterocycles. The predicted molar refractivity (Wildman–Crippen MR) is 80.3 cm³/mol. The van der Waals surface area contributed by atoms with Gasteiger partial charge >= 0.3 is 0 Å². The standard InChI is InChI=1S/C14H16ClFN4/c1-3-4-12-19-13(17-2)8-14(20-12)18-11-7-9(16)5-6-10(11)15/h5-8H,3-4H2,1-2H3,(H2,17,18,19,20). The summed E-state index contributed by atoms with van der Waals surface area (Å²) in [6.45, 7) is 2.06. The van der Waals surface area contributed by atoms with Crippen LogP contribution in [0.3, 0.4) is 0 Å². The van der Waals surface area contributed by atoms with Gasteiger partial charge in [-0.3, -0.25) is 0 Å². The van der Waals surface area contributed by atoms with Crippen LogP contribution in [0.25, 0.3) is 0 Å². The number of nitrogens with zero attached hydrogens (tertiary/aromatic N) is 2. The first-order chi connectivity index (χ1) is 9.62. The molecule has 0 saturated heterocycles. The number of aryl methyl sites for hydroxylation is 1. The van der Waals surface area contributed by atoms with E-state index in [1.165, 1.54) is 18.2 Å². The molecular formula is C14H16ClFN4. The van der Waals surface area contributed by atoms with Crippen molar-refractivity contribution in [3.63, 3.8) is 0 Å². The Hall–Kier alpha value is -1.88. The van der Waals surface area contributed by atoms with Crippen molar-refractivity contribution in [2.75, 3.05) is 17.7 Å². The molecule has 0 amide bonds. The van der Waals surface area contributed by atoms with Gasteiger partial charge in [0.05, 0.1) is 10.7 Å².